The van der Waals surface area contributed by atoms with Crippen LogP contribution >= 0.6 is 0 Å². The quantitative estimate of drug-likeness (QED) is 0.827. The van der Waals surface area contributed by atoms with Crippen LogP contribution in [0, 0.1) is 11.2 Å². The van der Waals surface area contributed by atoms with Gasteiger partial charge < -0.3 is 5.73 Å². The van der Waals surface area contributed by atoms with Crippen molar-refractivity contribution in [2.75, 3.05) is 0 Å². The molecule has 3 rings (SSSR count). The zero-order valence-electron chi connectivity index (χ0n) is 9.25. The van der Waals surface area contributed by atoms with Gasteiger partial charge in [-0.2, -0.15) is 0 Å². The number of nitrogens with two attached hydrogens (primary N) is 1. The van der Waals surface area contributed by atoms with E-state index in [1.807, 2.05) is 0 Å². The Labute approximate surface area is 95.2 Å². The molecule has 0 spiro atoms. The van der Waals surface area contributed by atoms with Crippen molar-refractivity contribution in [3.05, 3.63) is 41.7 Å². The van der Waals surface area contributed by atoms with Crippen LogP contribution in [0.5, 0.6) is 0 Å². The van der Waals surface area contributed by atoms with Crippen LogP contribution < -0.4 is 5.73 Å². The van der Waals surface area contributed by atoms with Crippen molar-refractivity contribution < 1.29 is 4.39 Å². The average molecular weight is 217 g/mol. The summed E-state index contributed by atoms with van der Waals surface area (Å²) in [6.07, 6.45) is 9.05. The average Bonchev–Trinajstić information content (AvgIpc) is 3.15. The maximum absolute atomic E-state index is 12.7. The second kappa shape index (κ2) is 3.17. The minimum atomic E-state index is -0.184. The van der Waals surface area contributed by atoms with Gasteiger partial charge in [-0.1, -0.05) is 24.3 Å². The van der Waals surface area contributed by atoms with Crippen molar-refractivity contribution in [3.63, 3.8) is 0 Å². The molecule has 0 heterocycles. The van der Waals surface area contributed by atoms with Crippen molar-refractivity contribution in [3.8, 4) is 0 Å². The fourth-order valence-corrected chi connectivity index (χ4v) is 2.43. The Hall–Kier alpha value is -1.15. The highest BCUT2D eigenvalue weighted by Gasteiger charge is 2.61. The molecule has 2 saturated carbocycles. The van der Waals surface area contributed by atoms with E-state index < -0.39 is 0 Å². The monoisotopic (exact) mass is 217 g/mol. The maximum atomic E-state index is 12.7. The molecule has 2 aliphatic rings. The van der Waals surface area contributed by atoms with Crippen molar-refractivity contribution in [2.24, 2.45) is 11.1 Å². The molecule has 0 saturated heterocycles. The Morgan fingerprint density at radius 2 is 1.69 bits per heavy atom. The molecule has 1 aromatic carbocycles. The molecule has 84 valence electrons. The minimum absolute atomic E-state index is 0.0729. The lowest BCUT2D eigenvalue weighted by molar-refractivity contribution is 0.471. The van der Waals surface area contributed by atoms with E-state index >= 15 is 0 Å². The van der Waals surface area contributed by atoms with Gasteiger partial charge in [-0.05, 0) is 43.4 Å². The fourth-order valence-electron chi connectivity index (χ4n) is 2.43. The molecular formula is C14H16FN. The van der Waals surface area contributed by atoms with Crippen molar-refractivity contribution >= 4 is 6.08 Å². The molecule has 0 atom stereocenters. The van der Waals surface area contributed by atoms with Gasteiger partial charge in [0, 0.05) is 11.0 Å². The number of hydrogen-bond donors (Lipinski definition) is 1. The van der Waals surface area contributed by atoms with Gasteiger partial charge in [0.05, 0.1) is 0 Å². The van der Waals surface area contributed by atoms with Gasteiger partial charge >= 0.3 is 0 Å². The molecule has 2 aliphatic carbocycles. The number of benzene rings is 1. The van der Waals surface area contributed by atoms with Gasteiger partial charge in [-0.3, -0.25) is 0 Å². The van der Waals surface area contributed by atoms with Crippen LogP contribution in [0.25, 0.3) is 6.08 Å². The van der Waals surface area contributed by atoms with E-state index in [-0.39, 0.29) is 16.8 Å². The summed E-state index contributed by atoms with van der Waals surface area (Å²) in [6.45, 7) is 0. The second-order valence-electron chi connectivity index (χ2n) is 5.20. The molecule has 1 aromatic rings. The standard InChI is InChI=1S/C14H16FN/c15-12-3-1-11(2-4-12)5-6-13(7-8-13)14(16)9-10-14/h1-6H,7-10,16H2/b6-5+. The molecule has 0 unspecified atom stereocenters. The molecule has 16 heavy (non-hydrogen) atoms. The van der Waals surface area contributed by atoms with Gasteiger partial charge in [0.25, 0.3) is 0 Å². The number of hydrogen-bond acceptors (Lipinski definition) is 1. The smallest absolute Gasteiger partial charge is 0.123 e. The lowest BCUT2D eigenvalue weighted by atomic mass is 9.93. The predicted molar refractivity (Wildman–Crippen MR) is 63.3 cm³/mol. The van der Waals surface area contributed by atoms with Gasteiger partial charge in [0.1, 0.15) is 5.82 Å². The van der Waals surface area contributed by atoms with E-state index in [1.165, 1.54) is 25.0 Å². The predicted octanol–water partition coefficient (Wildman–Crippen LogP) is 3.11. The molecule has 2 fully saturated rings. The van der Waals surface area contributed by atoms with Crippen molar-refractivity contribution in [2.45, 2.75) is 31.2 Å². The molecule has 0 radical (unpaired) electrons. The van der Waals surface area contributed by atoms with E-state index in [2.05, 4.69) is 12.2 Å². The summed E-state index contributed by atoms with van der Waals surface area (Å²) in [4.78, 5) is 0. The van der Waals surface area contributed by atoms with Crippen LogP contribution in [0.4, 0.5) is 4.39 Å². The van der Waals surface area contributed by atoms with E-state index in [1.54, 1.807) is 12.1 Å². The van der Waals surface area contributed by atoms with Crippen LogP contribution in [-0.4, -0.2) is 5.54 Å². The van der Waals surface area contributed by atoms with Gasteiger partial charge in [-0.25, -0.2) is 4.39 Å². The zero-order valence-corrected chi connectivity index (χ0v) is 9.25. The molecule has 0 aliphatic heterocycles. The Kier molecular flexibility index (Phi) is 1.99. The fraction of sp³-hybridized carbons (Fsp3) is 0.429. The molecule has 0 amide bonds. The van der Waals surface area contributed by atoms with Gasteiger partial charge in [-0.15, -0.1) is 0 Å². The number of halogens is 1. The van der Waals surface area contributed by atoms with Crippen LogP contribution in [0.3, 0.4) is 0 Å². The molecule has 0 bridgehead atoms. The summed E-state index contributed by atoms with van der Waals surface area (Å²) < 4.78 is 12.7. The van der Waals surface area contributed by atoms with Crippen LogP contribution in [0.1, 0.15) is 31.2 Å². The van der Waals surface area contributed by atoms with Gasteiger partial charge in [0.2, 0.25) is 0 Å². The van der Waals surface area contributed by atoms with E-state index in [9.17, 15) is 4.39 Å². The summed E-state index contributed by atoms with van der Waals surface area (Å²) in [5.74, 6) is -0.184. The van der Waals surface area contributed by atoms with E-state index in [0.717, 1.165) is 18.4 Å². The summed E-state index contributed by atoms with van der Waals surface area (Å²) >= 11 is 0. The van der Waals surface area contributed by atoms with E-state index in [4.69, 9.17) is 5.73 Å². The number of rotatable bonds is 3. The highest BCUT2D eigenvalue weighted by molar-refractivity contribution is 5.52. The molecule has 1 nitrogen and oxygen atoms in total. The van der Waals surface area contributed by atoms with Crippen molar-refractivity contribution in [1.29, 1.82) is 0 Å². The van der Waals surface area contributed by atoms with Crippen LogP contribution in [0.2, 0.25) is 0 Å². The third kappa shape index (κ3) is 1.57. The first-order valence-corrected chi connectivity index (χ1v) is 5.87. The zero-order chi connectivity index (χ0) is 11.2. The topological polar surface area (TPSA) is 26.0 Å². The summed E-state index contributed by atoms with van der Waals surface area (Å²) in [5, 5.41) is 0. The van der Waals surface area contributed by atoms with Crippen LogP contribution in [0.15, 0.2) is 30.3 Å². The lowest BCUT2D eigenvalue weighted by Gasteiger charge is -2.18. The third-order valence-corrected chi connectivity index (χ3v) is 4.03. The molecule has 2 heteroatoms. The Balaban J connectivity index is 1.77. The Morgan fingerprint density at radius 3 is 2.19 bits per heavy atom. The second-order valence-corrected chi connectivity index (χ2v) is 5.20. The van der Waals surface area contributed by atoms with Gasteiger partial charge in [0.15, 0.2) is 0 Å². The molecule has 0 aromatic heterocycles. The van der Waals surface area contributed by atoms with Crippen molar-refractivity contribution in [1.82, 2.24) is 0 Å². The minimum Gasteiger partial charge on any atom is -0.324 e. The Bertz CT molecular complexity index is 425. The summed E-state index contributed by atoms with van der Waals surface area (Å²) in [6, 6.07) is 6.60. The first-order valence-electron chi connectivity index (χ1n) is 5.87. The Morgan fingerprint density at radius 1 is 1.06 bits per heavy atom. The third-order valence-electron chi connectivity index (χ3n) is 4.03. The largest absolute Gasteiger partial charge is 0.324 e. The highest BCUT2D eigenvalue weighted by atomic mass is 19.1. The lowest BCUT2D eigenvalue weighted by Crippen LogP contribution is -2.32. The first kappa shape index (κ1) is 10.0. The molecule has 2 N–H and O–H groups in total. The maximum Gasteiger partial charge on any atom is 0.123 e. The first-order chi connectivity index (χ1) is 7.64. The van der Waals surface area contributed by atoms with E-state index in [0.29, 0.717) is 0 Å². The SMILES string of the molecule is NC1(C2(/C=C/c3ccc(F)cc3)CC2)CC1. The molecular weight excluding hydrogens is 201 g/mol. The normalized spacial score (nSPS) is 24.6. The highest BCUT2D eigenvalue weighted by Crippen LogP contribution is 2.63. The summed E-state index contributed by atoms with van der Waals surface area (Å²) in [5.41, 5.74) is 7.64. The van der Waals surface area contributed by atoms with Crippen LogP contribution in [-0.2, 0) is 0 Å². The summed E-state index contributed by atoms with van der Waals surface area (Å²) in [7, 11) is 0.